The van der Waals surface area contributed by atoms with E-state index in [-0.39, 0.29) is 5.91 Å². The largest absolute Gasteiger partial charge is 0.352 e. The molecule has 1 aliphatic heterocycles. The molecule has 2 N–H and O–H groups in total. The first-order valence-electron chi connectivity index (χ1n) is 10.0. The SMILES string of the molecule is O=C(NCCCn1ccnc1)c1ccc(C[NH+]2CCc3ccccc3C2)cc1. The highest BCUT2D eigenvalue weighted by molar-refractivity contribution is 5.94. The van der Waals surface area contributed by atoms with E-state index >= 15 is 0 Å². The van der Waals surface area contributed by atoms with E-state index in [1.54, 1.807) is 17.4 Å². The van der Waals surface area contributed by atoms with E-state index in [1.165, 1.54) is 16.7 Å². The summed E-state index contributed by atoms with van der Waals surface area (Å²) in [5.41, 5.74) is 4.97. The van der Waals surface area contributed by atoms with Gasteiger partial charge in [-0.25, -0.2) is 4.98 Å². The summed E-state index contributed by atoms with van der Waals surface area (Å²) in [4.78, 5) is 17.9. The minimum atomic E-state index is -0.00331. The van der Waals surface area contributed by atoms with Crippen molar-refractivity contribution in [1.29, 1.82) is 0 Å². The summed E-state index contributed by atoms with van der Waals surface area (Å²) in [7, 11) is 0. The third-order valence-electron chi connectivity index (χ3n) is 5.41. The fourth-order valence-corrected chi connectivity index (χ4v) is 3.84. The van der Waals surface area contributed by atoms with Gasteiger partial charge in [-0.2, -0.15) is 0 Å². The summed E-state index contributed by atoms with van der Waals surface area (Å²) in [5.74, 6) is -0.00331. The molecule has 0 bridgehead atoms. The highest BCUT2D eigenvalue weighted by atomic mass is 16.1. The normalized spacial score (nSPS) is 15.8. The number of aryl methyl sites for hydroxylation is 1. The Bertz CT molecular complexity index is 903. The minimum Gasteiger partial charge on any atom is -0.352 e. The van der Waals surface area contributed by atoms with Crippen LogP contribution in [0.25, 0.3) is 0 Å². The van der Waals surface area contributed by atoms with Crippen molar-refractivity contribution in [3.8, 4) is 0 Å². The summed E-state index contributed by atoms with van der Waals surface area (Å²) < 4.78 is 2.02. The number of quaternary nitrogens is 1. The highest BCUT2D eigenvalue weighted by Gasteiger charge is 2.19. The van der Waals surface area contributed by atoms with E-state index in [9.17, 15) is 4.79 Å². The Morgan fingerprint density at radius 2 is 1.93 bits per heavy atom. The van der Waals surface area contributed by atoms with Crippen molar-refractivity contribution in [1.82, 2.24) is 14.9 Å². The molecule has 0 radical (unpaired) electrons. The molecule has 1 aromatic heterocycles. The lowest BCUT2D eigenvalue weighted by Gasteiger charge is -2.26. The number of nitrogens with one attached hydrogen (secondary N) is 2. The van der Waals surface area contributed by atoms with Crippen molar-refractivity contribution >= 4 is 5.91 Å². The fourth-order valence-electron chi connectivity index (χ4n) is 3.84. The molecule has 144 valence electrons. The number of hydrogen-bond donors (Lipinski definition) is 2. The predicted molar refractivity (Wildman–Crippen MR) is 109 cm³/mol. The number of aromatic nitrogens is 2. The van der Waals surface area contributed by atoms with Crippen LogP contribution in [-0.2, 0) is 26.1 Å². The number of fused-ring (bicyclic) bond motifs is 1. The zero-order valence-electron chi connectivity index (χ0n) is 16.1. The third kappa shape index (κ3) is 4.67. The summed E-state index contributed by atoms with van der Waals surface area (Å²) in [5, 5.41) is 3.00. The van der Waals surface area contributed by atoms with Crippen LogP contribution in [0, 0.1) is 0 Å². The fraction of sp³-hybridized carbons (Fsp3) is 0.304. The van der Waals surface area contributed by atoms with Crippen LogP contribution in [-0.4, -0.2) is 28.5 Å². The molecular weight excluding hydrogens is 348 g/mol. The van der Waals surface area contributed by atoms with Crippen LogP contribution in [0.15, 0.2) is 67.3 Å². The lowest BCUT2D eigenvalue weighted by atomic mass is 9.99. The maximum Gasteiger partial charge on any atom is 0.251 e. The van der Waals surface area contributed by atoms with E-state index < -0.39 is 0 Å². The molecule has 1 unspecified atom stereocenters. The first-order chi connectivity index (χ1) is 13.8. The van der Waals surface area contributed by atoms with E-state index in [1.807, 2.05) is 22.9 Å². The van der Waals surface area contributed by atoms with Crippen molar-refractivity contribution in [2.75, 3.05) is 13.1 Å². The Labute approximate surface area is 166 Å². The van der Waals surface area contributed by atoms with Gasteiger partial charge in [-0.1, -0.05) is 36.4 Å². The Morgan fingerprint density at radius 1 is 1.11 bits per heavy atom. The Morgan fingerprint density at radius 3 is 2.71 bits per heavy atom. The van der Waals surface area contributed by atoms with Crippen molar-refractivity contribution in [3.05, 3.63) is 89.5 Å². The molecule has 2 aromatic carbocycles. The molecule has 3 aromatic rings. The van der Waals surface area contributed by atoms with Gasteiger partial charge >= 0.3 is 0 Å². The second-order valence-electron chi connectivity index (χ2n) is 7.48. The second kappa shape index (κ2) is 8.85. The van der Waals surface area contributed by atoms with Crippen LogP contribution >= 0.6 is 0 Å². The quantitative estimate of drug-likeness (QED) is 0.619. The number of amides is 1. The predicted octanol–water partition coefficient (Wildman–Crippen LogP) is 1.84. The summed E-state index contributed by atoms with van der Waals surface area (Å²) in [6.45, 7) is 4.77. The number of carbonyl (C=O) groups is 1. The average Bonchev–Trinajstić information content (AvgIpc) is 3.25. The smallest absolute Gasteiger partial charge is 0.251 e. The number of hydrogen-bond acceptors (Lipinski definition) is 2. The molecule has 2 heterocycles. The van der Waals surface area contributed by atoms with Gasteiger partial charge in [0.15, 0.2) is 0 Å². The molecule has 0 fully saturated rings. The Kier molecular flexibility index (Phi) is 5.83. The summed E-state index contributed by atoms with van der Waals surface area (Å²) >= 11 is 0. The molecule has 0 spiro atoms. The standard InChI is InChI=1S/C23H26N4O/c28-23(25-11-3-13-26-15-12-24-18-26)21-8-6-19(7-9-21)16-27-14-10-20-4-1-2-5-22(20)17-27/h1-2,4-9,12,15,18H,3,10-11,13-14,16-17H2,(H,25,28)/p+1. The van der Waals surface area contributed by atoms with Crippen LogP contribution in [0.4, 0.5) is 0 Å². The van der Waals surface area contributed by atoms with Gasteiger partial charge < -0.3 is 14.8 Å². The van der Waals surface area contributed by atoms with Gasteiger partial charge in [0.1, 0.15) is 13.1 Å². The number of benzene rings is 2. The minimum absolute atomic E-state index is 0.00331. The van der Waals surface area contributed by atoms with E-state index in [0.717, 1.165) is 44.6 Å². The molecule has 1 aliphatic rings. The average molecular weight is 375 g/mol. The highest BCUT2D eigenvalue weighted by Crippen LogP contribution is 2.11. The van der Waals surface area contributed by atoms with Gasteiger partial charge in [-0.05, 0) is 24.1 Å². The van der Waals surface area contributed by atoms with E-state index in [2.05, 4.69) is 46.7 Å². The molecule has 1 atom stereocenters. The molecule has 1 amide bonds. The van der Waals surface area contributed by atoms with Crippen LogP contribution in [0.1, 0.15) is 33.5 Å². The van der Waals surface area contributed by atoms with Crippen molar-refractivity contribution in [3.63, 3.8) is 0 Å². The molecule has 0 saturated carbocycles. The lowest BCUT2D eigenvalue weighted by molar-refractivity contribution is -0.929. The van der Waals surface area contributed by atoms with Crippen molar-refractivity contribution in [2.24, 2.45) is 0 Å². The molecule has 0 saturated heterocycles. The van der Waals surface area contributed by atoms with Crippen molar-refractivity contribution in [2.45, 2.75) is 32.5 Å². The first kappa shape index (κ1) is 18.4. The Balaban J connectivity index is 1.25. The molecular formula is C23H27N4O+. The topological polar surface area (TPSA) is 51.4 Å². The van der Waals surface area contributed by atoms with Gasteiger partial charge in [-0.3, -0.25) is 4.79 Å². The maximum absolute atomic E-state index is 12.3. The third-order valence-corrected chi connectivity index (χ3v) is 5.41. The van der Waals surface area contributed by atoms with Gasteiger partial charge in [0.05, 0.1) is 12.9 Å². The van der Waals surface area contributed by atoms with E-state index in [4.69, 9.17) is 0 Å². The van der Waals surface area contributed by atoms with Crippen LogP contribution in [0.2, 0.25) is 0 Å². The van der Waals surface area contributed by atoms with Crippen LogP contribution in [0.5, 0.6) is 0 Å². The molecule has 5 nitrogen and oxygen atoms in total. The number of carbonyl (C=O) groups excluding carboxylic acids is 1. The number of nitrogens with zero attached hydrogens (tertiary/aromatic N) is 2. The molecule has 0 aliphatic carbocycles. The number of imidazole rings is 1. The summed E-state index contributed by atoms with van der Waals surface area (Å²) in [6, 6.07) is 16.8. The van der Waals surface area contributed by atoms with Gasteiger partial charge in [0, 0.05) is 48.6 Å². The second-order valence-corrected chi connectivity index (χ2v) is 7.48. The van der Waals surface area contributed by atoms with Crippen LogP contribution in [0.3, 0.4) is 0 Å². The molecule has 5 heteroatoms. The monoisotopic (exact) mass is 375 g/mol. The maximum atomic E-state index is 12.3. The van der Waals surface area contributed by atoms with Crippen LogP contribution < -0.4 is 10.2 Å². The summed E-state index contributed by atoms with van der Waals surface area (Å²) in [6.07, 6.45) is 7.53. The molecule has 4 rings (SSSR count). The molecule has 28 heavy (non-hydrogen) atoms. The first-order valence-corrected chi connectivity index (χ1v) is 10.0. The van der Waals surface area contributed by atoms with Gasteiger partial charge in [-0.15, -0.1) is 0 Å². The zero-order valence-corrected chi connectivity index (χ0v) is 16.1. The lowest BCUT2D eigenvalue weighted by Crippen LogP contribution is -3.10. The Hall–Kier alpha value is -2.92. The van der Waals surface area contributed by atoms with Crippen molar-refractivity contribution < 1.29 is 9.69 Å². The van der Waals surface area contributed by atoms with Gasteiger partial charge in [0.25, 0.3) is 5.91 Å². The number of rotatable bonds is 7. The van der Waals surface area contributed by atoms with E-state index in [0.29, 0.717) is 6.54 Å². The van der Waals surface area contributed by atoms with Gasteiger partial charge in [0.2, 0.25) is 0 Å². The zero-order chi connectivity index (χ0) is 19.2.